The molecule has 26 heavy (non-hydrogen) atoms. The highest BCUT2D eigenvalue weighted by Crippen LogP contribution is 2.18. The van der Waals surface area contributed by atoms with Crippen LogP contribution in [0.25, 0.3) is 0 Å². The van der Waals surface area contributed by atoms with Crippen molar-refractivity contribution in [3.8, 4) is 11.5 Å². The Bertz CT molecular complexity index is 715. The summed E-state index contributed by atoms with van der Waals surface area (Å²) in [6, 6.07) is 14.4. The molecule has 0 bridgehead atoms. The molecule has 0 aliphatic heterocycles. The second-order valence-corrected chi connectivity index (χ2v) is 5.37. The van der Waals surface area contributed by atoms with Gasteiger partial charge in [0.15, 0.2) is 0 Å². The first-order valence-corrected chi connectivity index (χ1v) is 7.80. The van der Waals surface area contributed by atoms with Crippen LogP contribution >= 0.6 is 0 Å². The predicted octanol–water partition coefficient (Wildman–Crippen LogP) is 2.46. The third-order valence-electron chi connectivity index (χ3n) is 3.46. The van der Waals surface area contributed by atoms with Crippen molar-refractivity contribution < 1.29 is 29.3 Å². The molecule has 0 radical (unpaired) electrons. The fourth-order valence-corrected chi connectivity index (χ4v) is 2.15. The summed E-state index contributed by atoms with van der Waals surface area (Å²) < 4.78 is 10.4. The first kappa shape index (κ1) is 21.0. The molecule has 2 rings (SSSR count). The smallest absolute Gasteiger partial charge is 0.414 e. The molecule has 0 unspecified atom stereocenters. The van der Waals surface area contributed by atoms with Crippen LogP contribution in [0, 0.1) is 6.92 Å². The van der Waals surface area contributed by atoms with E-state index in [0.29, 0.717) is 0 Å². The van der Waals surface area contributed by atoms with Crippen molar-refractivity contribution in [2.45, 2.75) is 20.0 Å². The molecule has 2 aromatic carbocycles. The summed E-state index contributed by atoms with van der Waals surface area (Å²) in [6.07, 6.45) is 0. The van der Waals surface area contributed by atoms with Crippen LogP contribution in [-0.4, -0.2) is 36.4 Å². The van der Waals surface area contributed by atoms with Gasteiger partial charge in [0, 0.05) is 13.1 Å². The normalized spacial score (nSPS) is 9.65. The van der Waals surface area contributed by atoms with Gasteiger partial charge in [0.2, 0.25) is 0 Å². The van der Waals surface area contributed by atoms with Crippen LogP contribution < -0.4 is 14.8 Å². The van der Waals surface area contributed by atoms with E-state index in [1.54, 1.807) is 14.2 Å². The zero-order chi connectivity index (χ0) is 19.5. The highest BCUT2D eigenvalue weighted by atomic mass is 16.5. The van der Waals surface area contributed by atoms with Crippen molar-refractivity contribution in [3.05, 3.63) is 59.2 Å². The summed E-state index contributed by atoms with van der Waals surface area (Å²) in [4.78, 5) is 18.2. The lowest BCUT2D eigenvalue weighted by Gasteiger charge is -2.09. The molecule has 3 N–H and O–H groups in total. The molecule has 2 aromatic rings. The molecule has 0 heterocycles. The first-order valence-electron chi connectivity index (χ1n) is 7.80. The molecule has 0 amide bonds. The molecule has 0 spiro atoms. The van der Waals surface area contributed by atoms with Gasteiger partial charge in [0.25, 0.3) is 0 Å². The molecular weight excluding hydrogens is 338 g/mol. The molecule has 0 atom stereocenters. The van der Waals surface area contributed by atoms with Gasteiger partial charge in [-0.2, -0.15) is 0 Å². The summed E-state index contributed by atoms with van der Waals surface area (Å²) in [6.45, 7) is 3.75. The Labute approximate surface area is 152 Å². The molecule has 0 saturated heterocycles. The Morgan fingerprint density at radius 1 is 0.885 bits per heavy atom. The quantitative estimate of drug-likeness (QED) is 0.679. The van der Waals surface area contributed by atoms with Crippen LogP contribution in [-0.2, 0) is 22.7 Å². The molecule has 7 nitrogen and oxygen atoms in total. The topological polar surface area (TPSA) is 105 Å². The van der Waals surface area contributed by atoms with Crippen molar-refractivity contribution in [1.29, 1.82) is 0 Å². The van der Waals surface area contributed by atoms with E-state index in [9.17, 15) is 0 Å². The summed E-state index contributed by atoms with van der Waals surface area (Å²) in [5.41, 5.74) is 3.67. The van der Waals surface area contributed by atoms with E-state index in [0.717, 1.165) is 30.2 Å². The molecule has 0 aliphatic carbocycles. The third kappa shape index (κ3) is 7.23. The number of aryl methyl sites for hydroxylation is 1. The highest BCUT2D eigenvalue weighted by Gasteiger charge is 2.04. The monoisotopic (exact) mass is 361 g/mol. The largest absolute Gasteiger partial charge is 0.497 e. The SMILES string of the molecule is COc1ccc(CNCc2ccc(OC)c(C)c2)cc1.O=C(O)C(=O)O. The zero-order valence-corrected chi connectivity index (χ0v) is 15.0. The summed E-state index contributed by atoms with van der Waals surface area (Å²) in [5.74, 6) is -1.83. The van der Waals surface area contributed by atoms with Crippen molar-refractivity contribution in [1.82, 2.24) is 5.32 Å². The number of benzene rings is 2. The lowest BCUT2D eigenvalue weighted by molar-refractivity contribution is -0.159. The van der Waals surface area contributed by atoms with E-state index in [-0.39, 0.29) is 0 Å². The maximum absolute atomic E-state index is 9.10. The van der Waals surface area contributed by atoms with Crippen LogP contribution in [0.5, 0.6) is 11.5 Å². The number of hydrogen-bond donors (Lipinski definition) is 3. The summed E-state index contributed by atoms with van der Waals surface area (Å²) in [5, 5.41) is 18.2. The first-order chi connectivity index (χ1) is 12.4. The number of carboxylic acid groups (broad SMARTS) is 2. The minimum atomic E-state index is -1.82. The van der Waals surface area contributed by atoms with Gasteiger partial charge in [-0.25, -0.2) is 9.59 Å². The standard InChI is InChI=1S/C17H21NO2.C2H2O4/c1-13-10-15(6-9-17(13)20-3)12-18-11-14-4-7-16(19-2)8-5-14;3-1(4)2(5)6/h4-10,18H,11-12H2,1-3H3;(H,3,4)(H,5,6). The Kier molecular flexibility index (Phi) is 8.66. The summed E-state index contributed by atoms with van der Waals surface area (Å²) >= 11 is 0. The van der Waals surface area contributed by atoms with Crippen LogP contribution in [0.3, 0.4) is 0 Å². The third-order valence-corrected chi connectivity index (χ3v) is 3.46. The average Bonchev–Trinajstić information content (AvgIpc) is 2.63. The molecule has 140 valence electrons. The second kappa shape index (κ2) is 10.7. The number of carbonyl (C=O) groups is 2. The van der Waals surface area contributed by atoms with E-state index in [1.807, 2.05) is 18.2 Å². The molecule has 0 aliphatic rings. The number of carboxylic acids is 2. The van der Waals surface area contributed by atoms with Crippen molar-refractivity contribution in [2.75, 3.05) is 14.2 Å². The van der Waals surface area contributed by atoms with Gasteiger partial charge in [0.05, 0.1) is 14.2 Å². The van der Waals surface area contributed by atoms with Crippen LogP contribution in [0.15, 0.2) is 42.5 Å². The van der Waals surface area contributed by atoms with Crippen LogP contribution in [0.2, 0.25) is 0 Å². The number of aliphatic carboxylic acids is 2. The Morgan fingerprint density at radius 2 is 1.42 bits per heavy atom. The number of ether oxygens (including phenoxy) is 2. The fourth-order valence-electron chi connectivity index (χ4n) is 2.15. The predicted molar refractivity (Wildman–Crippen MR) is 96.5 cm³/mol. The summed E-state index contributed by atoms with van der Waals surface area (Å²) in [7, 11) is 3.38. The molecule has 0 saturated carbocycles. The molecule has 0 aromatic heterocycles. The minimum Gasteiger partial charge on any atom is -0.497 e. The average molecular weight is 361 g/mol. The van der Waals surface area contributed by atoms with Gasteiger partial charge in [-0.3, -0.25) is 0 Å². The zero-order valence-electron chi connectivity index (χ0n) is 15.0. The minimum absolute atomic E-state index is 0.842. The van der Waals surface area contributed by atoms with Gasteiger partial charge in [-0.05, 0) is 41.8 Å². The van der Waals surface area contributed by atoms with Crippen molar-refractivity contribution in [3.63, 3.8) is 0 Å². The molecular formula is C19H23NO6. The van der Waals surface area contributed by atoms with Gasteiger partial charge < -0.3 is 25.0 Å². The fraction of sp³-hybridized carbons (Fsp3) is 0.263. The Hall–Kier alpha value is -3.06. The van der Waals surface area contributed by atoms with Crippen molar-refractivity contribution >= 4 is 11.9 Å². The second-order valence-electron chi connectivity index (χ2n) is 5.37. The number of nitrogens with one attached hydrogen (secondary N) is 1. The van der Waals surface area contributed by atoms with E-state index >= 15 is 0 Å². The maximum atomic E-state index is 9.10. The van der Waals surface area contributed by atoms with E-state index in [4.69, 9.17) is 29.3 Å². The van der Waals surface area contributed by atoms with Gasteiger partial charge >= 0.3 is 11.9 Å². The van der Waals surface area contributed by atoms with Gasteiger partial charge in [-0.15, -0.1) is 0 Å². The number of hydrogen-bond acceptors (Lipinski definition) is 5. The number of rotatable bonds is 6. The van der Waals surface area contributed by atoms with Gasteiger partial charge in [0.1, 0.15) is 11.5 Å². The number of methoxy groups -OCH3 is 2. The lowest BCUT2D eigenvalue weighted by atomic mass is 10.1. The van der Waals surface area contributed by atoms with Crippen molar-refractivity contribution in [2.24, 2.45) is 0 Å². The van der Waals surface area contributed by atoms with E-state index in [2.05, 4.69) is 36.5 Å². The van der Waals surface area contributed by atoms with Crippen LogP contribution in [0.1, 0.15) is 16.7 Å². The Balaban J connectivity index is 0.000000487. The van der Waals surface area contributed by atoms with Crippen LogP contribution in [0.4, 0.5) is 0 Å². The Morgan fingerprint density at radius 3 is 1.88 bits per heavy atom. The highest BCUT2D eigenvalue weighted by molar-refractivity contribution is 6.27. The lowest BCUT2D eigenvalue weighted by Crippen LogP contribution is -2.12. The van der Waals surface area contributed by atoms with Gasteiger partial charge in [-0.1, -0.05) is 24.3 Å². The molecule has 7 heteroatoms. The molecule has 0 fully saturated rings. The maximum Gasteiger partial charge on any atom is 0.414 e. The van der Waals surface area contributed by atoms with E-state index < -0.39 is 11.9 Å². The van der Waals surface area contributed by atoms with E-state index in [1.165, 1.54) is 11.1 Å².